The predicted molar refractivity (Wildman–Crippen MR) is 71.0 cm³/mol. The van der Waals surface area contributed by atoms with Gasteiger partial charge in [0.1, 0.15) is 5.69 Å². The molecule has 0 unspecified atom stereocenters. The minimum Gasteiger partial charge on any atom is -0.364 e. The van der Waals surface area contributed by atoms with E-state index >= 15 is 0 Å². The quantitative estimate of drug-likeness (QED) is 0.654. The van der Waals surface area contributed by atoms with Gasteiger partial charge in [0.15, 0.2) is 0 Å². The van der Waals surface area contributed by atoms with E-state index in [-0.39, 0.29) is 5.69 Å². The second-order valence-electron chi connectivity index (χ2n) is 4.53. The van der Waals surface area contributed by atoms with E-state index in [2.05, 4.69) is 0 Å². The standard InChI is InChI=1S/C12H15FN4O3/c13-9-3-1-4-10(11(9)17(19)20)15-5-2-6-16(8-7-15)12(14)18/h1,3-4H,2,5-8H2,(H2,14,18). The molecule has 1 heterocycles. The summed E-state index contributed by atoms with van der Waals surface area (Å²) in [6.07, 6.45) is 0.622. The average molecular weight is 282 g/mol. The van der Waals surface area contributed by atoms with Crippen LogP contribution in [0.4, 0.5) is 20.6 Å². The molecule has 0 saturated carbocycles. The second-order valence-corrected chi connectivity index (χ2v) is 4.53. The van der Waals surface area contributed by atoms with Gasteiger partial charge in [0, 0.05) is 26.2 Å². The number of nitrogens with zero attached hydrogens (tertiary/aromatic N) is 3. The van der Waals surface area contributed by atoms with E-state index in [1.165, 1.54) is 17.0 Å². The Kier molecular flexibility index (Phi) is 4.02. The van der Waals surface area contributed by atoms with Gasteiger partial charge in [-0.2, -0.15) is 4.39 Å². The highest BCUT2D eigenvalue weighted by Crippen LogP contribution is 2.31. The number of urea groups is 1. The number of halogens is 1. The molecule has 8 heteroatoms. The Morgan fingerprint density at radius 2 is 2.05 bits per heavy atom. The molecule has 1 aromatic carbocycles. The number of nitrogens with two attached hydrogens (primary N) is 1. The fraction of sp³-hybridized carbons (Fsp3) is 0.417. The lowest BCUT2D eigenvalue weighted by Crippen LogP contribution is -2.38. The number of nitro groups is 1. The fourth-order valence-corrected chi connectivity index (χ4v) is 2.32. The normalized spacial score (nSPS) is 15.8. The van der Waals surface area contributed by atoms with Crippen LogP contribution in [0.2, 0.25) is 0 Å². The van der Waals surface area contributed by atoms with E-state index in [1.54, 1.807) is 4.90 Å². The Morgan fingerprint density at radius 3 is 2.70 bits per heavy atom. The van der Waals surface area contributed by atoms with Gasteiger partial charge in [0.2, 0.25) is 5.82 Å². The van der Waals surface area contributed by atoms with Gasteiger partial charge in [-0.05, 0) is 18.6 Å². The Bertz CT molecular complexity index is 537. The van der Waals surface area contributed by atoms with Crippen molar-refractivity contribution in [2.24, 2.45) is 5.73 Å². The summed E-state index contributed by atoms with van der Waals surface area (Å²) in [6.45, 7) is 1.75. The zero-order valence-corrected chi connectivity index (χ0v) is 10.8. The van der Waals surface area contributed by atoms with Gasteiger partial charge in [0.05, 0.1) is 4.92 Å². The molecular weight excluding hydrogens is 267 g/mol. The summed E-state index contributed by atoms with van der Waals surface area (Å²) in [6, 6.07) is 3.51. The molecule has 1 saturated heterocycles. The van der Waals surface area contributed by atoms with Crippen LogP contribution in [0.3, 0.4) is 0 Å². The molecule has 1 aromatic rings. The average Bonchev–Trinajstić information content (AvgIpc) is 2.63. The summed E-state index contributed by atoms with van der Waals surface area (Å²) >= 11 is 0. The van der Waals surface area contributed by atoms with Crippen LogP contribution in [0.1, 0.15) is 6.42 Å². The molecule has 2 amide bonds. The molecule has 0 bridgehead atoms. The minimum absolute atomic E-state index is 0.237. The monoisotopic (exact) mass is 282 g/mol. The largest absolute Gasteiger partial charge is 0.364 e. The molecule has 20 heavy (non-hydrogen) atoms. The Labute approximate surface area is 114 Å². The highest BCUT2D eigenvalue weighted by Gasteiger charge is 2.26. The number of benzene rings is 1. The van der Waals surface area contributed by atoms with E-state index in [4.69, 9.17) is 5.73 Å². The number of hydrogen-bond donors (Lipinski definition) is 1. The van der Waals surface area contributed by atoms with Crippen molar-refractivity contribution in [3.63, 3.8) is 0 Å². The summed E-state index contributed by atoms with van der Waals surface area (Å²) in [5.74, 6) is -0.858. The number of anilines is 1. The number of hydrogen-bond acceptors (Lipinski definition) is 4. The van der Waals surface area contributed by atoms with Crippen LogP contribution in [0.5, 0.6) is 0 Å². The van der Waals surface area contributed by atoms with Crippen molar-refractivity contribution < 1.29 is 14.1 Å². The van der Waals surface area contributed by atoms with Crippen molar-refractivity contribution in [1.82, 2.24) is 4.90 Å². The summed E-state index contributed by atoms with van der Waals surface area (Å²) in [7, 11) is 0. The minimum atomic E-state index is -0.858. The first-order valence-corrected chi connectivity index (χ1v) is 6.23. The maximum Gasteiger partial charge on any atom is 0.327 e. The number of carbonyl (C=O) groups is 1. The van der Waals surface area contributed by atoms with Crippen molar-refractivity contribution >= 4 is 17.4 Å². The molecule has 0 aromatic heterocycles. The van der Waals surface area contributed by atoms with Crippen molar-refractivity contribution in [3.8, 4) is 0 Å². The molecule has 2 rings (SSSR count). The number of carbonyl (C=O) groups excluding carboxylic acids is 1. The van der Waals surface area contributed by atoms with Crippen LogP contribution >= 0.6 is 0 Å². The van der Waals surface area contributed by atoms with E-state index in [1.807, 2.05) is 0 Å². The van der Waals surface area contributed by atoms with Crippen LogP contribution < -0.4 is 10.6 Å². The molecule has 1 aliphatic heterocycles. The summed E-state index contributed by atoms with van der Waals surface area (Å²) in [5.41, 5.74) is 4.93. The number of amides is 2. The van der Waals surface area contributed by atoms with Gasteiger partial charge < -0.3 is 15.5 Å². The van der Waals surface area contributed by atoms with Crippen LogP contribution in [0, 0.1) is 15.9 Å². The Balaban J connectivity index is 2.26. The molecule has 1 fully saturated rings. The molecule has 0 spiro atoms. The van der Waals surface area contributed by atoms with Crippen LogP contribution in [-0.4, -0.2) is 42.0 Å². The summed E-state index contributed by atoms with van der Waals surface area (Å²) in [4.78, 5) is 24.6. The van der Waals surface area contributed by atoms with E-state index in [9.17, 15) is 19.3 Å². The van der Waals surface area contributed by atoms with Gasteiger partial charge in [-0.15, -0.1) is 0 Å². The molecule has 0 radical (unpaired) electrons. The second kappa shape index (κ2) is 5.72. The van der Waals surface area contributed by atoms with Gasteiger partial charge >= 0.3 is 11.7 Å². The smallest absolute Gasteiger partial charge is 0.327 e. The number of rotatable bonds is 2. The fourth-order valence-electron chi connectivity index (χ4n) is 2.32. The first-order valence-electron chi connectivity index (χ1n) is 6.23. The van der Waals surface area contributed by atoms with Gasteiger partial charge in [0.25, 0.3) is 0 Å². The van der Waals surface area contributed by atoms with Gasteiger partial charge in [-0.3, -0.25) is 10.1 Å². The molecule has 108 valence electrons. The number of primary amides is 1. The molecule has 7 nitrogen and oxygen atoms in total. The SMILES string of the molecule is NC(=O)N1CCCN(c2cccc(F)c2[N+](=O)[O-])CC1. The lowest BCUT2D eigenvalue weighted by molar-refractivity contribution is -0.386. The van der Waals surface area contributed by atoms with Crippen LogP contribution in [-0.2, 0) is 0 Å². The van der Waals surface area contributed by atoms with Crippen LogP contribution in [0.15, 0.2) is 18.2 Å². The molecule has 0 aliphatic carbocycles. The maximum atomic E-state index is 13.6. The van der Waals surface area contributed by atoms with Crippen molar-refractivity contribution in [3.05, 3.63) is 34.1 Å². The third kappa shape index (κ3) is 2.79. The van der Waals surface area contributed by atoms with Crippen molar-refractivity contribution in [2.75, 3.05) is 31.1 Å². The number of nitro benzene ring substituents is 1. The van der Waals surface area contributed by atoms with E-state index in [0.29, 0.717) is 32.6 Å². The first-order chi connectivity index (χ1) is 9.50. The summed E-state index contributed by atoms with van der Waals surface area (Å²) in [5, 5.41) is 11.0. The van der Waals surface area contributed by atoms with Gasteiger partial charge in [-0.25, -0.2) is 4.79 Å². The molecule has 1 aliphatic rings. The third-order valence-electron chi connectivity index (χ3n) is 3.30. The first kappa shape index (κ1) is 14.0. The maximum absolute atomic E-state index is 13.6. The zero-order valence-electron chi connectivity index (χ0n) is 10.8. The molecule has 2 N–H and O–H groups in total. The molecular formula is C12H15FN4O3. The zero-order chi connectivity index (χ0) is 14.7. The Hall–Kier alpha value is -2.38. The highest BCUT2D eigenvalue weighted by molar-refractivity contribution is 5.72. The topological polar surface area (TPSA) is 92.7 Å². The molecule has 0 atom stereocenters. The van der Waals surface area contributed by atoms with E-state index < -0.39 is 22.5 Å². The lowest BCUT2D eigenvalue weighted by Gasteiger charge is -2.22. The van der Waals surface area contributed by atoms with Crippen molar-refractivity contribution in [2.45, 2.75) is 6.42 Å². The van der Waals surface area contributed by atoms with Gasteiger partial charge in [-0.1, -0.05) is 6.07 Å². The third-order valence-corrected chi connectivity index (χ3v) is 3.30. The highest BCUT2D eigenvalue weighted by atomic mass is 19.1. The lowest BCUT2D eigenvalue weighted by atomic mass is 10.2. The predicted octanol–water partition coefficient (Wildman–Crippen LogP) is 1.32. The van der Waals surface area contributed by atoms with Crippen LogP contribution in [0.25, 0.3) is 0 Å². The van der Waals surface area contributed by atoms with E-state index in [0.717, 1.165) is 6.07 Å². The van der Waals surface area contributed by atoms with Crippen molar-refractivity contribution in [1.29, 1.82) is 0 Å². The summed E-state index contributed by atoms with van der Waals surface area (Å²) < 4.78 is 13.6. The number of para-hydroxylation sites is 1. The Morgan fingerprint density at radius 1 is 1.30 bits per heavy atom.